The molecule has 2 amide bonds. The third-order valence-corrected chi connectivity index (χ3v) is 6.87. The molecule has 0 N–H and O–H groups in total. The minimum Gasteiger partial charge on any atom is -0.342 e. The average molecular weight is 468 g/mol. The Morgan fingerprint density at radius 3 is 1.76 bits per heavy atom. The van der Waals surface area contributed by atoms with Crippen molar-refractivity contribution >= 4 is 17.6 Å². The maximum atomic E-state index is 12.8. The van der Waals surface area contributed by atoms with Crippen molar-refractivity contribution < 1.29 is 14.4 Å². The molecule has 3 aliphatic rings. The highest BCUT2D eigenvalue weighted by molar-refractivity contribution is 5.81. The Hall–Kier alpha value is -1.43. The van der Waals surface area contributed by atoms with Crippen molar-refractivity contribution in [1.29, 1.82) is 0 Å². The molecule has 3 rings (SSSR count). The van der Waals surface area contributed by atoms with Crippen molar-refractivity contribution in [3.05, 3.63) is 0 Å². The Kier molecular flexibility index (Phi) is 17.2. The molecule has 0 unspecified atom stereocenters. The maximum Gasteiger partial charge on any atom is 0.236 e. The van der Waals surface area contributed by atoms with Gasteiger partial charge in [0.05, 0.1) is 6.54 Å². The fraction of sp³-hybridized carbons (Fsp3) is 0.889. The first kappa shape index (κ1) is 31.6. The van der Waals surface area contributed by atoms with E-state index in [1.807, 2.05) is 53.4 Å². The molecule has 6 heteroatoms. The molecule has 0 atom stereocenters. The van der Waals surface area contributed by atoms with Crippen LogP contribution in [0.5, 0.6) is 0 Å². The highest BCUT2D eigenvalue weighted by Gasteiger charge is 2.33. The lowest BCUT2D eigenvalue weighted by Crippen LogP contribution is -2.52. The maximum absolute atomic E-state index is 12.8. The third kappa shape index (κ3) is 10.2. The van der Waals surface area contributed by atoms with E-state index in [9.17, 15) is 14.4 Å². The van der Waals surface area contributed by atoms with E-state index < -0.39 is 0 Å². The van der Waals surface area contributed by atoms with Gasteiger partial charge in [-0.05, 0) is 58.3 Å². The average Bonchev–Trinajstić information content (AvgIpc) is 2.88. The second kappa shape index (κ2) is 18.0. The lowest BCUT2D eigenvalue weighted by atomic mass is 9.79. The summed E-state index contributed by atoms with van der Waals surface area (Å²) >= 11 is 0. The molecule has 6 nitrogen and oxygen atoms in total. The molecule has 1 aliphatic carbocycles. The first-order valence-electron chi connectivity index (χ1n) is 13.8. The van der Waals surface area contributed by atoms with Gasteiger partial charge < -0.3 is 9.80 Å². The molecule has 0 radical (unpaired) electrons. The first-order chi connectivity index (χ1) is 16.0. The van der Waals surface area contributed by atoms with E-state index in [1.54, 1.807) is 6.92 Å². The fourth-order valence-corrected chi connectivity index (χ4v) is 4.95. The Morgan fingerprint density at radius 2 is 1.30 bits per heavy atom. The smallest absolute Gasteiger partial charge is 0.236 e. The van der Waals surface area contributed by atoms with Gasteiger partial charge in [-0.1, -0.05) is 41.5 Å². The highest BCUT2D eigenvalue weighted by Crippen LogP contribution is 2.31. The SMILES string of the molecule is CC.CC.CC.CCN1CCN(CC2CCN(C(=O)C3CCC(C(C)=O)CC3)CC2)CC1=O. The number of amides is 2. The molecule has 1 saturated carbocycles. The zero-order valence-corrected chi connectivity index (χ0v) is 23.0. The van der Waals surface area contributed by atoms with E-state index in [0.717, 1.165) is 77.8 Å². The van der Waals surface area contributed by atoms with Crippen molar-refractivity contribution in [2.45, 2.75) is 93.9 Å². The summed E-state index contributed by atoms with van der Waals surface area (Å²) in [6.07, 6.45) is 5.56. The van der Waals surface area contributed by atoms with Gasteiger partial charge in [-0.3, -0.25) is 19.3 Å². The zero-order chi connectivity index (χ0) is 25.4. The van der Waals surface area contributed by atoms with Crippen LogP contribution in [-0.4, -0.2) is 78.1 Å². The summed E-state index contributed by atoms with van der Waals surface area (Å²) in [6, 6.07) is 0. The van der Waals surface area contributed by atoms with Crippen LogP contribution in [0.3, 0.4) is 0 Å². The lowest BCUT2D eigenvalue weighted by Gasteiger charge is -2.39. The van der Waals surface area contributed by atoms with Gasteiger partial charge in [0.25, 0.3) is 0 Å². The van der Waals surface area contributed by atoms with Crippen molar-refractivity contribution in [3.63, 3.8) is 0 Å². The number of piperazine rings is 1. The Morgan fingerprint density at radius 1 is 0.788 bits per heavy atom. The molecule has 0 aromatic carbocycles. The van der Waals surface area contributed by atoms with Crippen LogP contribution >= 0.6 is 0 Å². The largest absolute Gasteiger partial charge is 0.342 e. The molecule has 3 fully saturated rings. The van der Waals surface area contributed by atoms with Gasteiger partial charge in [0, 0.05) is 51.1 Å². The normalized spacial score (nSPS) is 23.8. The number of Topliss-reactive ketones (excluding diaryl/α,β-unsaturated/α-hetero) is 1. The number of likely N-dealkylation sites (tertiary alicyclic amines) is 1. The Labute approximate surface area is 204 Å². The van der Waals surface area contributed by atoms with Gasteiger partial charge in [0.2, 0.25) is 11.8 Å². The molecule has 194 valence electrons. The fourth-order valence-electron chi connectivity index (χ4n) is 4.95. The van der Waals surface area contributed by atoms with Crippen molar-refractivity contribution in [2.75, 3.05) is 45.8 Å². The van der Waals surface area contributed by atoms with Crippen LogP contribution in [0.4, 0.5) is 0 Å². The van der Waals surface area contributed by atoms with Gasteiger partial charge in [-0.15, -0.1) is 0 Å². The van der Waals surface area contributed by atoms with Crippen LogP contribution in [0.2, 0.25) is 0 Å². The van der Waals surface area contributed by atoms with Crippen LogP contribution in [-0.2, 0) is 14.4 Å². The van der Waals surface area contributed by atoms with Crippen LogP contribution in [0, 0.1) is 17.8 Å². The van der Waals surface area contributed by atoms with E-state index >= 15 is 0 Å². The summed E-state index contributed by atoms with van der Waals surface area (Å²) in [5, 5.41) is 0. The summed E-state index contributed by atoms with van der Waals surface area (Å²) in [5.41, 5.74) is 0. The van der Waals surface area contributed by atoms with Crippen LogP contribution < -0.4 is 0 Å². The van der Waals surface area contributed by atoms with Crippen LogP contribution in [0.15, 0.2) is 0 Å². The highest BCUT2D eigenvalue weighted by atomic mass is 16.2. The van der Waals surface area contributed by atoms with E-state index in [2.05, 4.69) is 9.80 Å². The second-order valence-corrected chi connectivity index (χ2v) is 8.64. The second-order valence-electron chi connectivity index (χ2n) is 8.64. The standard InChI is InChI=1S/C21H35N3O3.3C2H6/c1-3-23-13-12-22(15-20(23)26)14-17-8-10-24(11-9-17)21(27)19-6-4-18(5-7-19)16(2)25;3*1-2/h17-19H,3-15H2,1-2H3;3*1-2H3. The summed E-state index contributed by atoms with van der Waals surface area (Å²) < 4.78 is 0. The quantitative estimate of drug-likeness (QED) is 0.579. The van der Waals surface area contributed by atoms with Gasteiger partial charge in [-0.25, -0.2) is 0 Å². The molecule has 2 aliphatic heterocycles. The van der Waals surface area contributed by atoms with Crippen molar-refractivity contribution in [3.8, 4) is 0 Å². The third-order valence-electron chi connectivity index (χ3n) is 6.87. The number of hydrogen-bond donors (Lipinski definition) is 0. The summed E-state index contributed by atoms with van der Waals surface area (Å²) in [4.78, 5) is 42.7. The van der Waals surface area contributed by atoms with E-state index in [1.165, 1.54) is 0 Å². The predicted molar refractivity (Wildman–Crippen MR) is 138 cm³/mol. The van der Waals surface area contributed by atoms with Gasteiger partial charge >= 0.3 is 0 Å². The number of nitrogens with zero attached hydrogens (tertiary/aromatic N) is 3. The number of rotatable bonds is 5. The molecular weight excluding hydrogens is 414 g/mol. The van der Waals surface area contributed by atoms with E-state index in [4.69, 9.17) is 0 Å². The number of carbonyl (C=O) groups is 3. The Bertz CT molecular complexity index is 551. The molecule has 2 heterocycles. The van der Waals surface area contributed by atoms with Gasteiger partial charge in [0.15, 0.2) is 0 Å². The topological polar surface area (TPSA) is 60.9 Å². The zero-order valence-electron chi connectivity index (χ0n) is 23.0. The number of carbonyl (C=O) groups excluding carboxylic acids is 3. The van der Waals surface area contributed by atoms with E-state index in [-0.39, 0.29) is 23.5 Å². The molecule has 0 bridgehead atoms. The summed E-state index contributed by atoms with van der Waals surface area (Å²) in [5.74, 6) is 1.72. The van der Waals surface area contributed by atoms with Crippen molar-refractivity contribution in [1.82, 2.24) is 14.7 Å². The number of ketones is 1. The van der Waals surface area contributed by atoms with Crippen molar-refractivity contribution in [2.24, 2.45) is 17.8 Å². The molecule has 2 saturated heterocycles. The minimum absolute atomic E-state index is 0.122. The van der Waals surface area contributed by atoms with Gasteiger partial charge in [0.1, 0.15) is 5.78 Å². The monoisotopic (exact) mass is 467 g/mol. The first-order valence-corrected chi connectivity index (χ1v) is 13.8. The molecule has 0 aromatic rings. The minimum atomic E-state index is 0.122. The van der Waals surface area contributed by atoms with Crippen LogP contribution in [0.1, 0.15) is 93.9 Å². The van der Waals surface area contributed by atoms with E-state index in [0.29, 0.717) is 18.4 Å². The molecule has 0 aromatic heterocycles. The van der Waals surface area contributed by atoms with Gasteiger partial charge in [-0.2, -0.15) is 0 Å². The number of piperidine rings is 1. The Balaban J connectivity index is 0.00000158. The lowest BCUT2D eigenvalue weighted by molar-refractivity contribution is -0.139. The summed E-state index contributed by atoms with van der Waals surface area (Å²) in [6.45, 7) is 21.6. The van der Waals surface area contributed by atoms with Crippen LogP contribution in [0.25, 0.3) is 0 Å². The molecule has 0 spiro atoms. The number of hydrogen-bond acceptors (Lipinski definition) is 4. The predicted octanol–water partition coefficient (Wildman–Crippen LogP) is 4.86. The molecule has 33 heavy (non-hydrogen) atoms. The number of likely N-dealkylation sites (N-methyl/N-ethyl adjacent to an activating group) is 1. The molecular formula is C27H53N3O3. The summed E-state index contributed by atoms with van der Waals surface area (Å²) in [7, 11) is 0.